The highest BCUT2D eigenvalue weighted by atomic mass is 16.2. The molecule has 7 nitrogen and oxygen atoms in total. The number of carbonyl (C=O) groups excluding carboxylic acids is 1. The Balaban J connectivity index is 1.41. The molecule has 4 heterocycles. The Morgan fingerprint density at radius 3 is 2.41 bits per heavy atom. The molecule has 2 aromatic rings. The predicted octanol–water partition coefficient (Wildman–Crippen LogP) is 1.25. The zero-order valence-corrected chi connectivity index (χ0v) is 15.6. The van der Waals surface area contributed by atoms with E-state index >= 15 is 0 Å². The maximum Gasteiger partial charge on any atom is 0.266 e. The normalized spacial score (nSPS) is 21.7. The van der Waals surface area contributed by atoms with E-state index in [-0.39, 0.29) is 17.5 Å². The van der Waals surface area contributed by atoms with Gasteiger partial charge in [0.2, 0.25) is 5.91 Å². The van der Waals surface area contributed by atoms with E-state index in [1.54, 1.807) is 29.2 Å². The summed E-state index contributed by atoms with van der Waals surface area (Å²) in [5.41, 5.74) is 1.68. The summed E-state index contributed by atoms with van der Waals surface area (Å²) in [4.78, 5) is 32.6. The number of likely N-dealkylation sites (N-methyl/N-ethyl adjacent to an activating group) is 1. The second-order valence-electron chi connectivity index (χ2n) is 7.52. The van der Waals surface area contributed by atoms with Crippen LogP contribution in [-0.4, -0.2) is 63.2 Å². The average Bonchev–Trinajstić information content (AvgIpc) is 3.04. The fourth-order valence-electron chi connectivity index (χ4n) is 4.09. The predicted molar refractivity (Wildman–Crippen MR) is 102 cm³/mol. The van der Waals surface area contributed by atoms with Crippen LogP contribution in [0.5, 0.6) is 0 Å². The SMILES string of the molecule is CN1CCC(N2CCC(Cn3nc(-c4ccncc4)ccc3=O)CC2)C1=O. The van der Waals surface area contributed by atoms with Gasteiger partial charge in [0, 0.05) is 44.2 Å². The molecule has 1 unspecified atom stereocenters. The van der Waals surface area contributed by atoms with Crippen molar-refractivity contribution in [1.29, 1.82) is 0 Å². The van der Waals surface area contributed by atoms with E-state index in [9.17, 15) is 9.59 Å². The zero-order chi connectivity index (χ0) is 18.8. The third kappa shape index (κ3) is 3.78. The molecule has 0 aliphatic carbocycles. The molecule has 2 aliphatic rings. The van der Waals surface area contributed by atoms with Gasteiger partial charge >= 0.3 is 0 Å². The number of nitrogens with zero attached hydrogens (tertiary/aromatic N) is 5. The van der Waals surface area contributed by atoms with Crippen LogP contribution in [0, 0.1) is 5.92 Å². The first kappa shape index (κ1) is 17.9. The van der Waals surface area contributed by atoms with Crippen LogP contribution >= 0.6 is 0 Å². The van der Waals surface area contributed by atoms with Gasteiger partial charge in [0.25, 0.3) is 5.56 Å². The lowest BCUT2D eigenvalue weighted by atomic mass is 9.95. The number of aromatic nitrogens is 3. The minimum Gasteiger partial charge on any atom is -0.344 e. The molecular weight excluding hydrogens is 342 g/mol. The fraction of sp³-hybridized carbons (Fsp3) is 0.500. The number of amides is 1. The van der Waals surface area contributed by atoms with Crippen molar-refractivity contribution in [1.82, 2.24) is 24.6 Å². The molecule has 4 rings (SSSR count). The van der Waals surface area contributed by atoms with E-state index in [0.29, 0.717) is 12.5 Å². The standard InChI is InChI=1S/C20H25N5O2/c1-23-11-8-18(20(23)27)24-12-6-15(7-13-24)14-25-19(26)3-2-17(22-25)16-4-9-21-10-5-16/h2-5,9-10,15,18H,6-8,11-14H2,1H3. The third-order valence-corrected chi connectivity index (χ3v) is 5.76. The highest BCUT2D eigenvalue weighted by Crippen LogP contribution is 2.24. The minimum absolute atomic E-state index is 0.0480. The van der Waals surface area contributed by atoms with Crippen LogP contribution < -0.4 is 5.56 Å². The van der Waals surface area contributed by atoms with E-state index in [1.807, 2.05) is 24.1 Å². The first-order valence-electron chi connectivity index (χ1n) is 9.59. The van der Waals surface area contributed by atoms with Crippen molar-refractivity contribution in [2.45, 2.75) is 31.8 Å². The molecule has 0 N–H and O–H groups in total. The number of hydrogen-bond acceptors (Lipinski definition) is 5. The molecule has 1 amide bonds. The Morgan fingerprint density at radius 1 is 1.00 bits per heavy atom. The number of rotatable bonds is 4. The molecule has 7 heteroatoms. The molecule has 2 saturated heterocycles. The van der Waals surface area contributed by atoms with Crippen molar-refractivity contribution in [3.63, 3.8) is 0 Å². The molecule has 1 atom stereocenters. The minimum atomic E-state index is -0.0668. The molecule has 27 heavy (non-hydrogen) atoms. The van der Waals surface area contributed by atoms with Crippen molar-refractivity contribution in [3.05, 3.63) is 47.0 Å². The fourth-order valence-corrected chi connectivity index (χ4v) is 4.09. The van der Waals surface area contributed by atoms with Gasteiger partial charge in [0.1, 0.15) is 0 Å². The van der Waals surface area contributed by atoms with E-state index in [0.717, 1.165) is 50.2 Å². The van der Waals surface area contributed by atoms with Crippen LogP contribution in [-0.2, 0) is 11.3 Å². The summed E-state index contributed by atoms with van der Waals surface area (Å²) in [6.45, 7) is 3.30. The van der Waals surface area contributed by atoms with Gasteiger partial charge < -0.3 is 4.90 Å². The lowest BCUT2D eigenvalue weighted by Gasteiger charge is -2.35. The van der Waals surface area contributed by atoms with Gasteiger partial charge in [-0.15, -0.1) is 0 Å². The van der Waals surface area contributed by atoms with Crippen molar-refractivity contribution in [3.8, 4) is 11.3 Å². The van der Waals surface area contributed by atoms with Crippen LogP contribution in [0.4, 0.5) is 0 Å². The smallest absolute Gasteiger partial charge is 0.266 e. The third-order valence-electron chi connectivity index (χ3n) is 5.76. The van der Waals surface area contributed by atoms with Gasteiger partial charge in [0.15, 0.2) is 0 Å². The molecule has 2 aromatic heterocycles. The molecule has 2 fully saturated rings. The van der Waals surface area contributed by atoms with Crippen LogP contribution in [0.25, 0.3) is 11.3 Å². The topological polar surface area (TPSA) is 71.3 Å². The lowest BCUT2D eigenvalue weighted by Crippen LogP contribution is -2.46. The number of likely N-dealkylation sites (tertiary alicyclic amines) is 2. The Kier molecular flexibility index (Phi) is 5.03. The summed E-state index contributed by atoms with van der Waals surface area (Å²) < 4.78 is 1.59. The van der Waals surface area contributed by atoms with Gasteiger partial charge in [-0.2, -0.15) is 5.10 Å². The van der Waals surface area contributed by atoms with Crippen LogP contribution in [0.1, 0.15) is 19.3 Å². The lowest BCUT2D eigenvalue weighted by molar-refractivity contribution is -0.131. The largest absolute Gasteiger partial charge is 0.344 e. The van der Waals surface area contributed by atoms with Gasteiger partial charge in [-0.05, 0) is 56.5 Å². The first-order chi connectivity index (χ1) is 13.1. The van der Waals surface area contributed by atoms with Crippen LogP contribution in [0.3, 0.4) is 0 Å². The van der Waals surface area contributed by atoms with Crippen LogP contribution in [0.15, 0.2) is 41.5 Å². The number of piperidine rings is 1. The summed E-state index contributed by atoms with van der Waals surface area (Å²) in [6.07, 6.45) is 6.35. The van der Waals surface area contributed by atoms with E-state index < -0.39 is 0 Å². The average molecular weight is 367 g/mol. The van der Waals surface area contributed by atoms with Crippen molar-refractivity contribution in [2.75, 3.05) is 26.7 Å². The Bertz CT molecular complexity index is 858. The molecule has 142 valence electrons. The van der Waals surface area contributed by atoms with Gasteiger partial charge in [-0.1, -0.05) is 0 Å². The molecule has 0 saturated carbocycles. The van der Waals surface area contributed by atoms with Gasteiger partial charge in [-0.3, -0.25) is 19.5 Å². The number of carbonyl (C=O) groups is 1. The second kappa shape index (κ2) is 7.60. The number of pyridine rings is 1. The summed E-state index contributed by atoms with van der Waals surface area (Å²) in [5.74, 6) is 0.657. The monoisotopic (exact) mass is 367 g/mol. The maximum absolute atomic E-state index is 12.3. The molecule has 0 bridgehead atoms. The molecule has 2 aliphatic heterocycles. The molecule has 0 aromatic carbocycles. The first-order valence-corrected chi connectivity index (χ1v) is 9.59. The van der Waals surface area contributed by atoms with Crippen LogP contribution in [0.2, 0.25) is 0 Å². The zero-order valence-electron chi connectivity index (χ0n) is 15.6. The maximum atomic E-state index is 12.3. The highest BCUT2D eigenvalue weighted by molar-refractivity contribution is 5.83. The van der Waals surface area contributed by atoms with Gasteiger partial charge in [0.05, 0.1) is 11.7 Å². The highest BCUT2D eigenvalue weighted by Gasteiger charge is 2.35. The molecular formula is C20H25N5O2. The van der Waals surface area contributed by atoms with E-state index in [4.69, 9.17) is 0 Å². The van der Waals surface area contributed by atoms with E-state index in [1.165, 1.54) is 0 Å². The Morgan fingerprint density at radius 2 is 1.74 bits per heavy atom. The molecule has 0 radical (unpaired) electrons. The van der Waals surface area contributed by atoms with Crippen molar-refractivity contribution >= 4 is 5.91 Å². The summed E-state index contributed by atoms with van der Waals surface area (Å²) >= 11 is 0. The van der Waals surface area contributed by atoms with Gasteiger partial charge in [-0.25, -0.2) is 4.68 Å². The van der Waals surface area contributed by atoms with Crippen molar-refractivity contribution in [2.24, 2.45) is 5.92 Å². The molecule has 0 spiro atoms. The number of hydrogen-bond donors (Lipinski definition) is 0. The Hall–Kier alpha value is -2.54. The van der Waals surface area contributed by atoms with E-state index in [2.05, 4.69) is 15.0 Å². The summed E-state index contributed by atoms with van der Waals surface area (Å²) in [5, 5.41) is 4.56. The second-order valence-corrected chi connectivity index (χ2v) is 7.52. The summed E-state index contributed by atoms with van der Waals surface area (Å²) in [7, 11) is 1.88. The summed E-state index contributed by atoms with van der Waals surface area (Å²) in [6, 6.07) is 7.19. The van der Waals surface area contributed by atoms with Crippen molar-refractivity contribution < 1.29 is 4.79 Å². The Labute approximate surface area is 158 Å². The quantitative estimate of drug-likeness (QED) is 0.813.